The predicted molar refractivity (Wildman–Crippen MR) is 91.6 cm³/mol. The Morgan fingerprint density at radius 1 is 1.26 bits per heavy atom. The van der Waals surface area contributed by atoms with E-state index in [1.807, 2.05) is 36.4 Å². The van der Waals surface area contributed by atoms with E-state index in [1.165, 1.54) is 23.1 Å². The number of carbonyl (C=O) groups is 1. The molecule has 0 saturated carbocycles. The fourth-order valence-corrected chi connectivity index (χ4v) is 3.28. The van der Waals surface area contributed by atoms with Crippen LogP contribution in [0.15, 0.2) is 50.7 Å². The number of thioether (sulfide) groups is 1. The van der Waals surface area contributed by atoms with Crippen LogP contribution in [0.2, 0.25) is 5.02 Å². The van der Waals surface area contributed by atoms with Gasteiger partial charge < -0.3 is 9.73 Å². The van der Waals surface area contributed by atoms with Gasteiger partial charge in [-0.15, -0.1) is 10.2 Å². The number of carbonyl (C=O) groups excluding carboxylic acids is 1. The van der Waals surface area contributed by atoms with Gasteiger partial charge in [-0.3, -0.25) is 4.79 Å². The summed E-state index contributed by atoms with van der Waals surface area (Å²) in [6.45, 7) is 0.350. The lowest BCUT2D eigenvalue weighted by atomic mass is 10.2. The van der Waals surface area contributed by atoms with Crippen LogP contribution in [0.25, 0.3) is 11.3 Å². The van der Waals surface area contributed by atoms with Gasteiger partial charge in [-0.1, -0.05) is 34.7 Å². The van der Waals surface area contributed by atoms with Gasteiger partial charge in [0.2, 0.25) is 5.91 Å². The van der Waals surface area contributed by atoms with Gasteiger partial charge in [0.05, 0.1) is 12.3 Å². The Bertz CT molecular complexity index is 772. The smallest absolute Gasteiger partial charge is 0.230 e. The Balaban J connectivity index is 1.50. The van der Waals surface area contributed by atoms with Crippen molar-refractivity contribution >= 4 is 40.6 Å². The molecule has 0 aliphatic rings. The number of halogens is 1. The highest BCUT2D eigenvalue weighted by Crippen LogP contribution is 2.24. The summed E-state index contributed by atoms with van der Waals surface area (Å²) in [7, 11) is 0. The summed E-state index contributed by atoms with van der Waals surface area (Å²) in [6, 6.07) is 11.1. The molecule has 1 amide bonds. The summed E-state index contributed by atoms with van der Waals surface area (Å²) >= 11 is 8.65. The second-order valence-corrected chi connectivity index (χ2v) is 7.04. The van der Waals surface area contributed by atoms with E-state index in [9.17, 15) is 4.79 Å². The van der Waals surface area contributed by atoms with Gasteiger partial charge >= 0.3 is 0 Å². The lowest BCUT2D eigenvalue weighted by Crippen LogP contribution is -2.24. The number of hydrogen-bond acceptors (Lipinski definition) is 6. The molecule has 3 aromatic rings. The first kappa shape index (κ1) is 16.0. The van der Waals surface area contributed by atoms with E-state index >= 15 is 0 Å². The molecule has 0 fully saturated rings. The van der Waals surface area contributed by atoms with Crippen LogP contribution in [0, 0.1) is 0 Å². The fourth-order valence-electron chi connectivity index (χ4n) is 1.83. The highest BCUT2D eigenvalue weighted by Gasteiger charge is 2.08. The molecule has 1 aromatic carbocycles. The number of amides is 1. The predicted octanol–water partition coefficient (Wildman–Crippen LogP) is 3.86. The Morgan fingerprint density at radius 3 is 2.83 bits per heavy atom. The van der Waals surface area contributed by atoms with Crippen LogP contribution in [0.1, 0.15) is 5.76 Å². The second kappa shape index (κ2) is 7.63. The average molecular weight is 366 g/mol. The molecule has 23 heavy (non-hydrogen) atoms. The standard InChI is InChI=1S/C15H12ClN3O2S2/c16-11-3-1-10(2-4-11)13-6-5-12(21-13)7-17-14(20)8-22-15-19-18-9-23-15/h1-6,9H,7-8H2,(H,17,20). The molecule has 1 N–H and O–H groups in total. The maximum Gasteiger partial charge on any atom is 0.230 e. The molecule has 0 spiro atoms. The minimum absolute atomic E-state index is 0.0744. The summed E-state index contributed by atoms with van der Waals surface area (Å²) in [5.41, 5.74) is 2.58. The molecule has 0 aliphatic carbocycles. The van der Waals surface area contributed by atoms with Crippen molar-refractivity contribution < 1.29 is 9.21 Å². The van der Waals surface area contributed by atoms with E-state index in [0.717, 1.165) is 15.7 Å². The maximum absolute atomic E-state index is 11.8. The zero-order chi connectivity index (χ0) is 16.1. The third kappa shape index (κ3) is 4.57. The number of benzene rings is 1. The topological polar surface area (TPSA) is 68.0 Å². The molecule has 118 valence electrons. The Kier molecular flexibility index (Phi) is 5.32. The molecule has 2 heterocycles. The summed E-state index contributed by atoms with van der Waals surface area (Å²) < 4.78 is 6.51. The van der Waals surface area contributed by atoms with Crippen LogP contribution in [-0.2, 0) is 11.3 Å². The largest absolute Gasteiger partial charge is 0.459 e. The highest BCUT2D eigenvalue weighted by molar-refractivity contribution is 8.01. The summed E-state index contributed by atoms with van der Waals surface area (Å²) in [5, 5.41) is 11.1. The Labute approximate surface area is 146 Å². The van der Waals surface area contributed by atoms with Crippen molar-refractivity contribution in [1.29, 1.82) is 0 Å². The molecule has 5 nitrogen and oxygen atoms in total. The van der Waals surface area contributed by atoms with Gasteiger partial charge in [-0.2, -0.15) is 0 Å². The third-order valence-electron chi connectivity index (χ3n) is 2.92. The summed E-state index contributed by atoms with van der Waals surface area (Å²) in [5.74, 6) is 1.67. The van der Waals surface area contributed by atoms with Crippen LogP contribution < -0.4 is 5.32 Å². The molecule has 8 heteroatoms. The Morgan fingerprint density at radius 2 is 2.09 bits per heavy atom. The van der Waals surface area contributed by atoms with Gasteiger partial charge in [0.25, 0.3) is 0 Å². The second-order valence-electron chi connectivity index (χ2n) is 4.54. The van der Waals surface area contributed by atoms with Crippen molar-refractivity contribution in [2.45, 2.75) is 10.9 Å². The van der Waals surface area contributed by atoms with Gasteiger partial charge in [-0.05, 0) is 36.4 Å². The van der Waals surface area contributed by atoms with Gasteiger partial charge in [0.1, 0.15) is 17.0 Å². The van der Waals surface area contributed by atoms with E-state index in [4.69, 9.17) is 16.0 Å². The summed E-state index contributed by atoms with van der Waals surface area (Å²) in [4.78, 5) is 11.8. The average Bonchev–Trinajstić information content (AvgIpc) is 3.23. The number of aromatic nitrogens is 2. The van der Waals surface area contributed by atoms with Crippen molar-refractivity contribution in [3.8, 4) is 11.3 Å². The van der Waals surface area contributed by atoms with E-state index in [2.05, 4.69) is 15.5 Å². The lowest BCUT2D eigenvalue weighted by Gasteiger charge is -2.02. The zero-order valence-corrected chi connectivity index (χ0v) is 14.2. The van der Waals surface area contributed by atoms with Crippen LogP contribution in [0.4, 0.5) is 0 Å². The maximum atomic E-state index is 11.8. The molecular formula is C15H12ClN3O2S2. The van der Waals surface area contributed by atoms with Gasteiger partial charge in [-0.25, -0.2) is 0 Å². The molecular weight excluding hydrogens is 354 g/mol. The molecule has 0 atom stereocenters. The lowest BCUT2D eigenvalue weighted by molar-refractivity contribution is -0.118. The van der Waals surface area contributed by atoms with Crippen LogP contribution >= 0.6 is 34.7 Å². The zero-order valence-electron chi connectivity index (χ0n) is 11.9. The third-order valence-corrected chi connectivity index (χ3v) is 5.03. The monoisotopic (exact) mass is 365 g/mol. The van der Waals surface area contributed by atoms with E-state index in [1.54, 1.807) is 5.51 Å². The minimum atomic E-state index is -0.0744. The van der Waals surface area contributed by atoms with Crippen molar-refractivity contribution in [1.82, 2.24) is 15.5 Å². The number of rotatable bonds is 6. The van der Waals surface area contributed by atoms with Gasteiger partial charge in [0.15, 0.2) is 4.34 Å². The first-order valence-electron chi connectivity index (χ1n) is 6.71. The first-order valence-corrected chi connectivity index (χ1v) is 8.95. The van der Waals surface area contributed by atoms with E-state index in [0.29, 0.717) is 23.1 Å². The normalized spacial score (nSPS) is 10.7. The van der Waals surface area contributed by atoms with Crippen LogP contribution in [0.5, 0.6) is 0 Å². The fraction of sp³-hybridized carbons (Fsp3) is 0.133. The highest BCUT2D eigenvalue weighted by atomic mass is 35.5. The number of nitrogens with one attached hydrogen (secondary N) is 1. The molecule has 0 unspecified atom stereocenters. The molecule has 2 aromatic heterocycles. The van der Waals surface area contributed by atoms with Crippen molar-refractivity contribution in [3.63, 3.8) is 0 Å². The van der Waals surface area contributed by atoms with E-state index < -0.39 is 0 Å². The van der Waals surface area contributed by atoms with Crippen molar-refractivity contribution in [2.75, 3.05) is 5.75 Å². The molecule has 0 bridgehead atoms. The summed E-state index contributed by atoms with van der Waals surface area (Å²) in [6.07, 6.45) is 0. The van der Waals surface area contributed by atoms with Gasteiger partial charge in [0, 0.05) is 10.6 Å². The van der Waals surface area contributed by atoms with E-state index in [-0.39, 0.29) is 5.91 Å². The van der Waals surface area contributed by atoms with Crippen molar-refractivity contribution in [3.05, 3.63) is 52.7 Å². The molecule has 0 aliphatic heterocycles. The Hall–Kier alpha value is -1.83. The van der Waals surface area contributed by atoms with Crippen LogP contribution in [-0.4, -0.2) is 21.9 Å². The number of nitrogens with zero attached hydrogens (tertiary/aromatic N) is 2. The van der Waals surface area contributed by atoms with Crippen LogP contribution in [0.3, 0.4) is 0 Å². The minimum Gasteiger partial charge on any atom is -0.459 e. The SMILES string of the molecule is O=C(CSc1nncs1)NCc1ccc(-c2ccc(Cl)cc2)o1. The number of furan rings is 1. The number of hydrogen-bond donors (Lipinski definition) is 1. The first-order chi connectivity index (χ1) is 11.2. The molecule has 3 rings (SSSR count). The van der Waals surface area contributed by atoms with Crippen molar-refractivity contribution in [2.24, 2.45) is 0 Å². The molecule has 0 saturated heterocycles. The quantitative estimate of drug-likeness (QED) is 0.672. The molecule has 0 radical (unpaired) electrons.